The van der Waals surface area contributed by atoms with Crippen LogP contribution in [0.4, 0.5) is 4.79 Å². The average Bonchev–Trinajstić information content (AvgIpc) is 3.12. The summed E-state index contributed by atoms with van der Waals surface area (Å²) < 4.78 is 16.1. The zero-order chi connectivity index (χ0) is 18.1. The van der Waals surface area contributed by atoms with Crippen molar-refractivity contribution < 1.29 is 23.8 Å². The second-order valence-corrected chi connectivity index (χ2v) is 5.79. The molecule has 1 fully saturated rings. The fourth-order valence-corrected chi connectivity index (χ4v) is 2.72. The van der Waals surface area contributed by atoms with E-state index in [1.807, 2.05) is 0 Å². The Labute approximate surface area is 148 Å². The Hall–Kier alpha value is -2.44. The number of benzene rings is 1. The summed E-state index contributed by atoms with van der Waals surface area (Å²) in [5.41, 5.74) is 0.491. The van der Waals surface area contributed by atoms with E-state index in [2.05, 4.69) is 10.6 Å². The molecule has 1 saturated carbocycles. The van der Waals surface area contributed by atoms with Crippen molar-refractivity contribution in [1.29, 1.82) is 0 Å². The number of carbonyl (C=O) groups excluding carboxylic acids is 2. The van der Waals surface area contributed by atoms with Crippen molar-refractivity contribution in [3.63, 3.8) is 0 Å². The van der Waals surface area contributed by atoms with Crippen molar-refractivity contribution in [1.82, 2.24) is 10.6 Å². The Morgan fingerprint density at radius 2 is 1.84 bits per heavy atom. The van der Waals surface area contributed by atoms with Gasteiger partial charge in [-0.2, -0.15) is 0 Å². The third-order valence-electron chi connectivity index (χ3n) is 3.98. The Balaban J connectivity index is 1.89. The van der Waals surface area contributed by atoms with Crippen LogP contribution in [-0.2, 0) is 4.74 Å². The van der Waals surface area contributed by atoms with Crippen LogP contribution >= 0.6 is 0 Å². The van der Waals surface area contributed by atoms with Crippen molar-refractivity contribution in [2.75, 3.05) is 26.8 Å². The largest absolute Gasteiger partial charge is 0.493 e. The summed E-state index contributed by atoms with van der Waals surface area (Å²) in [6, 6.07) is 5.12. The summed E-state index contributed by atoms with van der Waals surface area (Å²) in [5, 5.41) is 5.30. The van der Waals surface area contributed by atoms with Crippen LogP contribution in [0.3, 0.4) is 0 Å². The highest BCUT2D eigenvalue weighted by molar-refractivity contribution is 5.94. The van der Waals surface area contributed by atoms with Crippen LogP contribution in [0, 0.1) is 0 Å². The van der Waals surface area contributed by atoms with Crippen LogP contribution in [0.5, 0.6) is 11.5 Å². The molecule has 1 aromatic carbocycles. The van der Waals surface area contributed by atoms with Crippen LogP contribution in [0.15, 0.2) is 18.2 Å². The second-order valence-electron chi connectivity index (χ2n) is 5.79. The molecule has 0 atom stereocenters. The normalized spacial score (nSPS) is 14.0. The molecular formula is C18H26N2O5. The van der Waals surface area contributed by atoms with Gasteiger partial charge < -0.3 is 24.8 Å². The van der Waals surface area contributed by atoms with Crippen molar-refractivity contribution in [2.24, 2.45) is 0 Å². The first kappa shape index (κ1) is 18.9. The lowest BCUT2D eigenvalue weighted by Crippen LogP contribution is -2.35. The Bertz CT molecular complexity index is 585. The van der Waals surface area contributed by atoms with E-state index in [0.29, 0.717) is 36.8 Å². The monoisotopic (exact) mass is 350 g/mol. The highest BCUT2D eigenvalue weighted by atomic mass is 16.5. The molecule has 2 rings (SSSR count). The maximum atomic E-state index is 12.3. The van der Waals surface area contributed by atoms with E-state index < -0.39 is 6.09 Å². The van der Waals surface area contributed by atoms with E-state index in [4.69, 9.17) is 14.2 Å². The number of rotatable bonds is 8. The number of carbonyl (C=O) groups is 2. The average molecular weight is 350 g/mol. The van der Waals surface area contributed by atoms with Gasteiger partial charge in [-0.25, -0.2) is 4.79 Å². The number of hydrogen-bond donors (Lipinski definition) is 2. The first-order chi connectivity index (χ1) is 12.1. The molecule has 0 heterocycles. The van der Waals surface area contributed by atoms with Gasteiger partial charge in [0.2, 0.25) is 0 Å². The molecule has 2 amide bonds. The van der Waals surface area contributed by atoms with E-state index >= 15 is 0 Å². The Morgan fingerprint density at radius 3 is 2.52 bits per heavy atom. The molecule has 7 nitrogen and oxygen atoms in total. The Kier molecular flexibility index (Phi) is 7.37. The topological polar surface area (TPSA) is 85.9 Å². The summed E-state index contributed by atoms with van der Waals surface area (Å²) in [6.07, 6.45) is 4.08. The molecule has 0 saturated heterocycles. The summed E-state index contributed by atoms with van der Waals surface area (Å²) in [7, 11) is 1.58. The lowest BCUT2D eigenvalue weighted by Gasteiger charge is -2.16. The molecule has 0 aromatic heterocycles. The summed E-state index contributed by atoms with van der Waals surface area (Å²) in [6.45, 7) is 2.65. The highest BCUT2D eigenvalue weighted by Gasteiger charge is 2.19. The number of amides is 2. The molecule has 1 aliphatic rings. The van der Waals surface area contributed by atoms with E-state index in [-0.39, 0.29) is 12.0 Å². The fraction of sp³-hybridized carbons (Fsp3) is 0.556. The van der Waals surface area contributed by atoms with Gasteiger partial charge >= 0.3 is 6.09 Å². The molecule has 2 N–H and O–H groups in total. The van der Waals surface area contributed by atoms with Crippen LogP contribution < -0.4 is 20.1 Å². The number of ether oxygens (including phenoxy) is 3. The third kappa shape index (κ3) is 5.85. The highest BCUT2D eigenvalue weighted by Crippen LogP contribution is 2.32. The maximum absolute atomic E-state index is 12.3. The van der Waals surface area contributed by atoms with Crippen LogP contribution in [-0.4, -0.2) is 44.9 Å². The third-order valence-corrected chi connectivity index (χ3v) is 3.98. The van der Waals surface area contributed by atoms with Gasteiger partial charge in [-0.15, -0.1) is 0 Å². The summed E-state index contributed by atoms with van der Waals surface area (Å²) >= 11 is 0. The lowest BCUT2D eigenvalue weighted by atomic mass is 10.2. The number of hydrogen-bond acceptors (Lipinski definition) is 5. The van der Waals surface area contributed by atoms with Crippen molar-refractivity contribution in [2.45, 2.75) is 38.7 Å². The number of methoxy groups -OCH3 is 1. The fourth-order valence-electron chi connectivity index (χ4n) is 2.72. The van der Waals surface area contributed by atoms with Crippen LogP contribution in [0.25, 0.3) is 0 Å². The molecule has 0 spiro atoms. The molecule has 138 valence electrons. The zero-order valence-electron chi connectivity index (χ0n) is 14.8. The molecule has 7 heteroatoms. The van der Waals surface area contributed by atoms with Crippen molar-refractivity contribution in [3.05, 3.63) is 23.8 Å². The molecule has 25 heavy (non-hydrogen) atoms. The summed E-state index contributed by atoms with van der Waals surface area (Å²) in [5.74, 6) is 0.976. The molecule has 1 aromatic rings. The van der Waals surface area contributed by atoms with Crippen molar-refractivity contribution >= 4 is 12.0 Å². The van der Waals surface area contributed by atoms with E-state index in [1.54, 1.807) is 32.2 Å². The zero-order valence-corrected chi connectivity index (χ0v) is 14.8. The van der Waals surface area contributed by atoms with E-state index in [9.17, 15) is 9.59 Å². The maximum Gasteiger partial charge on any atom is 0.407 e. The minimum absolute atomic E-state index is 0.181. The number of nitrogens with one attached hydrogen (secondary N) is 2. The number of alkyl carbamates (subject to hydrolysis) is 1. The van der Waals surface area contributed by atoms with Gasteiger partial charge in [0.15, 0.2) is 11.5 Å². The van der Waals surface area contributed by atoms with Gasteiger partial charge in [-0.05, 0) is 50.8 Å². The first-order valence-corrected chi connectivity index (χ1v) is 8.67. The van der Waals surface area contributed by atoms with Gasteiger partial charge in [0.25, 0.3) is 5.91 Å². The quantitative estimate of drug-likeness (QED) is 0.704. The van der Waals surface area contributed by atoms with E-state index in [0.717, 1.165) is 12.8 Å². The molecule has 0 bridgehead atoms. The predicted molar refractivity (Wildman–Crippen MR) is 93.2 cm³/mol. The van der Waals surface area contributed by atoms with Crippen LogP contribution in [0.2, 0.25) is 0 Å². The molecular weight excluding hydrogens is 324 g/mol. The van der Waals surface area contributed by atoms with Crippen LogP contribution in [0.1, 0.15) is 43.0 Å². The molecule has 0 aliphatic heterocycles. The molecule has 0 radical (unpaired) electrons. The standard InChI is InChI=1S/C18H26N2O5/c1-3-24-18(22)20-11-10-19-17(21)13-8-9-15(23-2)16(12-13)25-14-6-4-5-7-14/h8-9,12,14H,3-7,10-11H2,1-2H3,(H,19,21)(H,20,22). The van der Waals surface area contributed by atoms with Gasteiger partial charge in [-0.1, -0.05) is 0 Å². The minimum atomic E-state index is -0.492. The van der Waals surface area contributed by atoms with Gasteiger partial charge in [-0.3, -0.25) is 4.79 Å². The molecule has 0 unspecified atom stereocenters. The second kappa shape index (κ2) is 9.76. The summed E-state index contributed by atoms with van der Waals surface area (Å²) in [4.78, 5) is 23.4. The van der Waals surface area contributed by atoms with Gasteiger partial charge in [0, 0.05) is 18.7 Å². The first-order valence-electron chi connectivity index (χ1n) is 8.67. The van der Waals surface area contributed by atoms with E-state index in [1.165, 1.54) is 12.8 Å². The Morgan fingerprint density at radius 1 is 1.12 bits per heavy atom. The predicted octanol–water partition coefficient (Wildman–Crippen LogP) is 2.49. The van der Waals surface area contributed by atoms with Gasteiger partial charge in [0.1, 0.15) is 0 Å². The minimum Gasteiger partial charge on any atom is -0.493 e. The SMILES string of the molecule is CCOC(=O)NCCNC(=O)c1ccc(OC)c(OC2CCCC2)c1. The smallest absolute Gasteiger partial charge is 0.407 e. The van der Waals surface area contributed by atoms with Crippen molar-refractivity contribution in [3.8, 4) is 11.5 Å². The molecule has 1 aliphatic carbocycles. The van der Waals surface area contributed by atoms with Gasteiger partial charge in [0.05, 0.1) is 19.8 Å². The lowest BCUT2D eigenvalue weighted by molar-refractivity contribution is 0.0951.